The second kappa shape index (κ2) is 4.89. The average Bonchev–Trinajstić information content (AvgIpc) is 2.47. The van der Waals surface area contributed by atoms with Crippen molar-refractivity contribution in [1.82, 2.24) is 0 Å². The van der Waals surface area contributed by atoms with Crippen LogP contribution in [0.25, 0.3) is 21.9 Å². The fourth-order valence-electron chi connectivity index (χ4n) is 2.54. The van der Waals surface area contributed by atoms with E-state index in [2.05, 4.69) is 80.6 Å². The Labute approximate surface area is 114 Å². The van der Waals surface area contributed by atoms with Crippen molar-refractivity contribution in [1.29, 1.82) is 0 Å². The number of fused-ring (bicyclic) bond motifs is 1. The molecule has 0 aliphatic rings. The van der Waals surface area contributed by atoms with Crippen molar-refractivity contribution in [3.05, 3.63) is 72.3 Å². The number of hydrogen-bond acceptors (Lipinski definition) is 0. The van der Waals surface area contributed by atoms with Crippen molar-refractivity contribution in [3.63, 3.8) is 0 Å². The van der Waals surface area contributed by atoms with Gasteiger partial charge in [0.1, 0.15) is 0 Å². The molecular weight excluding hydrogens is 228 g/mol. The second-order valence-electron chi connectivity index (χ2n) is 5.31. The highest BCUT2D eigenvalue weighted by atomic mass is 14.1. The van der Waals surface area contributed by atoms with Crippen LogP contribution in [0, 0.1) is 0 Å². The standard InChI is InChI=1S/C19H18/c1-14(2)16-9-5-10-17(13-16)19-12-6-8-15-7-3-4-11-18(15)19/h3-14H,1-2H3. The predicted molar refractivity (Wildman–Crippen MR) is 83.5 cm³/mol. The molecule has 3 rings (SSSR count). The number of rotatable bonds is 2. The van der Waals surface area contributed by atoms with Gasteiger partial charge in [-0.1, -0.05) is 80.6 Å². The van der Waals surface area contributed by atoms with E-state index >= 15 is 0 Å². The van der Waals surface area contributed by atoms with Crippen LogP contribution in [-0.2, 0) is 0 Å². The largest absolute Gasteiger partial charge is 0.0616 e. The summed E-state index contributed by atoms with van der Waals surface area (Å²) >= 11 is 0. The van der Waals surface area contributed by atoms with E-state index < -0.39 is 0 Å². The Bertz CT molecular complexity index is 703. The zero-order valence-corrected chi connectivity index (χ0v) is 11.4. The van der Waals surface area contributed by atoms with E-state index in [1.807, 2.05) is 0 Å². The molecule has 0 unspecified atom stereocenters. The van der Waals surface area contributed by atoms with Crippen molar-refractivity contribution in [2.75, 3.05) is 0 Å². The Morgan fingerprint density at radius 3 is 2.32 bits per heavy atom. The van der Waals surface area contributed by atoms with Crippen LogP contribution in [-0.4, -0.2) is 0 Å². The highest BCUT2D eigenvalue weighted by molar-refractivity contribution is 5.96. The van der Waals surface area contributed by atoms with Crippen LogP contribution in [0.3, 0.4) is 0 Å². The Morgan fingerprint density at radius 2 is 1.47 bits per heavy atom. The number of hydrogen-bond donors (Lipinski definition) is 0. The molecule has 0 atom stereocenters. The van der Waals surface area contributed by atoms with Crippen LogP contribution < -0.4 is 0 Å². The molecular formula is C19H18. The van der Waals surface area contributed by atoms with Gasteiger partial charge in [0, 0.05) is 0 Å². The lowest BCUT2D eigenvalue weighted by atomic mass is 9.94. The van der Waals surface area contributed by atoms with Crippen LogP contribution in [0.4, 0.5) is 0 Å². The van der Waals surface area contributed by atoms with E-state index in [9.17, 15) is 0 Å². The maximum Gasteiger partial charge on any atom is -0.0105 e. The molecule has 0 saturated carbocycles. The first-order valence-corrected chi connectivity index (χ1v) is 6.84. The Kier molecular flexibility index (Phi) is 3.08. The first-order chi connectivity index (χ1) is 9.25. The Morgan fingerprint density at radius 1 is 0.737 bits per heavy atom. The summed E-state index contributed by atoms with van der Waals surface area (Å²) in [6.07, 6.45) is 0. The van der Waals surface area contributed by atoms with Crippen LogP contribution in [0.2, 0.25) is 0 Å². The summed E-state index contributed by atoms with van der Waals surface area (Å²) < 4.78 is 0. The lowest BCUT2D eigenvalue weighted by Crippen LogP contribution is -1.88. The maximum absolute atomic E-state index is 2.31. The molecule has 0 N–H and O–H groups in total. The summed E-state index contributed by atoms with van der Waals surface area (Å²) in [6, 6.07) is 24.0. The molecule has 3 aromatic carbocycles. The average molecular weight is 246 g/mol. The van der Waals surface area contributed by atoms with Crippen LogP contribution >= 0.6 is 0 Å². The summed E-state index contributed by atoms with van der Waals surface area (Å²) in [6.45, 7) is 4.48. The van der Waals surface area contributed by atoms with E-state index in [0.717, 1.165) is 0 Å². The smallest absolute Gasteiger partial charge is 0.0105 e. The Hall–Kier alpha value is -2.08. The molecule has 0 spiro atoms. The lowest BCUT2D eigenvalue weighted by Gasteiger charge is -2.10. The topological polar surface area (TPSA) is 0 Å². The minimum Gasteiger partial charge on any atom is -0.0616 e. The molecule has 0 aliphatic carbocycles. The van der Waals surface area contributed by atoms with Gasteiger partial charge in [-0.3, -0.25) is 0 Å². The Balaban J connectivity index is 2.22. The van der Waals surface area contributed by atoms with Gasteiger partial charge in [-0.25, -0.2) is 0 Å². The van der Waals surface area contributed by atoms with Gasteiger partial charge in [-0.05, 0) is 33.4 Å². The quantitative estimate of drug-likeness (QED) is 0.549. The molecule has 0 radical (unpaired) electrons. The van der Waals surface area contributed by atoms with Gasteiger partial charge < -0.3 is 0 Å². The van der Waals surface area contributed by atoms with E-state index in [0.29, 0.717) is 5.92 Å². The third-order valence-electron chi connectivity index (χ3n) is 3.65. The van der Waals surface area contributed by atoms with Crippen molar-refractivity contribution in [3.8, 4) is 11.1 Å². The molecule has 0 saturated heterocycles. The minimum absolute atomic E-state index is 0.565. The SMILES string of the molecule is CC(C)c1cccc(-c2cccc3ccccc23)c1. The van der Waals surface area contributed by atoms with Crippen LogP contribution in [0.1, 0.15) is 25.3 Å². The van der Waals surface area contributed by atoms with Gasteiger partial charge in [0.25, 0.3) is 0 Å². The van der Waals surface area contributed by atoms with E-state index in [1.54, 1.807) is 0 Å². The fourth-order valence-corrected chi connectivity index (χ4v) is 2.54. The van der Waals surface area contributed by atoms with E-state index in [-0.39, 0.29) is 0 Å². The third-order valence-corrected chi connectivity index (χ3v) is 3.65. The van der Waals surface area contributed by atoms with Crippen molar-refractivity contribution >= 4 is 10.8 Å². The summed E-state index contributed by atoms with van der Waals surface area (Å²) in [5.41, 5.74) is 4.02. The number of benzene rings is 3. The molecule has 0 aliphatic heterocycles. The lowest BCUT2D eigenvalue weighted by molar-refractivity contribution is 0.867. The zero-order valence-electron chi connectivity index (χ0n) is 11.4. The summed E-state index contributed by atoms with van der Waals surface area (Å²) in [5.74, 6) is 0.565. The minimum atomic E-state index is 0.565. The molecule has 0 aromatic heterocycles. The molecule has 0 amide bonds. The normalized spacial score (nSPS) is 11.1. The van der Waals surface area contributed by atoms with Crippen LogP contribution in [0.15, 0.2) is 66.7 Å². The first kappa shape index (κ1) is 12.0. The molecule has 3 aromatic rings. The molecule has 19 heavy (non-hydrogen) atoms. The third kappa shape index (κ3) is 2.26. The van der Waals surface area contributed by atoms with Gasteiger partial charge in [-0.2, -0.15) is 0 Å². The van der Waals surface area contributed by atoms with Crippen molar-refractivity contribution in [2.45, 2.75) is 19.8 Å². The fraction of sp³-hybridized carbons (Fsp3) is 0.158. The highest BCUT2D eigenvalue weighted by Gasteiger charge is 2.05. The zero-order chi connectivity index (χ0) is 13.2. The van der Waals surface area contributed by atoms with Gasteiger partial charge >= 0.3 is 0 Å². The summed E-state index contributed by atoms with van der Waals surface area (Å²) in [4.78, 5) is 0. The van der Waals surface area contributed by atoms with Gasteiger partial charge in [0.15, 0.2) is 0 Å². The van der Waals surface area contributed by atoms with Gasteiger partial charge in [0.2, 0.25) is 0 Å². The first-order valence-electron chi connectivity index (χ1n) is 6.84. The molecule has 0 heteroatoms. The second-order valence-corrected chi connectivity index (χ2v) is 5.31. The molecule has 94 valence electrons. The van der Waals surface area contributed by atoms with Crippen LogP contribution in [0.5, 0.6) is 0 Å². The van der Waals surface area contributed by atoms with Crippen molar-refractivity contribution in [2.24, 2.45) is 0 Å². The monoisotopic (exact) mass is 246 g/mol. The van der Waals surface area contributed by atoms with Gasteiger partial charge in [0.05, 0.1) is 0 Å². The van der Waals surface area contributed by atoms with Gasteiger partial charge in [-0.15, -0.1) is 0 Å². The van der Waals surface area contributed by atoms with E-state index in [1.165, 1.54) is 27.5 Å². The molecule has 0 nitrogen and oxygen atoms in total. The van der Waals surface area contributed by atoms with E-state index in [4.69, 9.17) is 0 Å². The predicted octanol–water partition coefficient (Wildman–Crippen LogP) is 5.63. The summed E-state index contributed by atoms with van der Waals surface area (Å²) in [7, 11) is 0. The molecule has 0 fully saturated rings. The maximum atomic E-state index is 2.31. The highest BCUT2D eigenvalue weighted by Crippen LogP contribution is 2.30. The summed E-state index contributed by atoms with van der Waals surface area (Å²) in [5, 5.41) is 2.63. The molecule has 0 bridgehead atoms. The molecule has 0 heterocycles. The van der Waals surface area contributed by atoms with Crippen molar-refractivity contribution < 1.29 is 0 Å².